The number of pyridine rings is 1. The molecule has 6 nitrogen and oxygen atoms in total. The number of likely N-dealkylation sites (tertiary alicyclic amines) is 1. The Morgan fingerprint density at radius 1 is 1.45 bits per heavy atom. The zero-order valence-corrected chi connectivity index (χ0v) is 11.2. The van der Waals surface area contributed by atoms with E-state index in [4.69, 9.17) is 5.73 Å². The number of nitrogens with one attached hydrogen (secondary N) is 1. The van der Waals surface area contributed by atoms with Crippen LogP contribution in [-0.2, 0) is 4.79 Å². The standard InChI is InChI=1S/C14H18N4O2/c15-10-3-5-16-12(7-10)14(20)18-6-4-11-9(8-18)1-2-13(19)17-11/h3,5,7,9,11H,1-2,4,6,8H2,(H2,15,16)(H,17,19). The summed E-state index contributed by atoms with van der Waals surface area (Å²) in [7, 11) is 0. The van der Waals surface area contributed by atoms with Crippen LogP contribution in [-0.4, -0.2) is 40.8 Å². The minimum Gasteiger partial charge on any atom is -0.399 e. The fourth-order valence-corrected chi connectivity index (χ4v) is 3.02. The molecule has 2 atom stereocenters. The zero-order valence-electron chi connectivity index (χ0n) is 11.2. The van der Waals surface area contributed by atoms with Crippen molar-refractivity contribution >= 4 is 17.5 Å². The summed E-state index contributed by atoms with van der Waals surface area (Å²) in [5.41, 5.74) is 6.63. The smallest absolute Gasteiger partial charge is 0.272 e. The molecule has 0 aromatic carbocycles. The molecule has 0 aliphatic carbocycles. The second-order valence-corrected chi connectivity index (χ2v) is 5.49. The highest BCUT2D eigenvalue weighted by molar-refractivity contribution is 5.93. The summed E-state index contributed by atoms with van der Waals surface area (Å²) in [6.07, 6.45) is 3.77. The number of nitrogen functional groups attached to an aromatic ring is 1. The monoisotopic (exact) mass is 274 g/mol. The molecule has 3 N–H and O–H groups in total. The van der Waals surface area contributed by atoms with Gasteiger partial charge in [0.05, 0.1) is 0 Å². The van der Waals surface area contributed by atoms with Gasteiger partial charge in [-0.15, -0.1) is 0 Å². The predicted molar refractivity (Wildman–Crippen MR) is 73.8 cm³/mol. The molecule has 0 spiro atoms. The molecule has 3 rings (SSSR count). The third kappa shape index (κ3) is 2.45. The van der Waals surface area contributed by atoms with Gasteiger partial charge in [0.1, 0.15) is 5.69 Å². The molecule has 1 aromatic heterocycles. The fraction of sp³-hybridized carbons (Fsp3) is 0.500. The first-order valence-electron chi connectivity index (χ1n) is 6.93. The number of nitrogens with zero attached hydrogens (tertiary/aromatic N) is 2. The van der Waals surface area contributed by atoms with E-state index in [2.05, 4.69) is 10.3 Å². The van der Waals surface area contributed by atoms with Crippen molar-refractivity contribution in [2.45, 2.75) is 25.3 Å². The van der Waals surface area contributed by atoms with Gasteiger partial charge in [0.2, 0.25) is 5.91 Å². The first-order valence-corrected chi connectivity index (χ1v) is 6.93. The van der Waals surface area contributed by atoms with Crippen LogP contribution in [0.4, 0.5) is 5.69 Å². The van der Waals surface area contributed by atoms with E-state index in [1.807, 2.05) is 4.90 Å². The minimum absolute atomic E-state index is 0.0762. The molecule has 20 heavy (non-hydrogen) atoms. The van der Waals surface area contributed by atoms with Crippen LogP contribution in [0.1, 0.15) is 29.8 Å². The first kappa shape index (κ1) is 12.9. The van der Waals surface area contributed by atoms with E-state index in [0.717, 1.165) is 12.8 Å². The van der Waals surface area contributed by atoms with Crippen LogP contribution in [0.2, 0.25) is 0 Å². The van der Waals surface area contributed by atoms with Crippen LogP contribution >= 0.6 is 0 Å². The summed E-state index contributed by atoms with van der Waals surface area (Å²) in [4.78, 5) is 29.7. The average molecular weight is 274 g/mol. The lowest BCUT2D eigenvalue weighted by molar-refractivity contribution is -0.125. The summed E-state index contributed by atoms with van der Waals surface area (Å²) < 4.78 is 0. The third-order valence-corrected chi connectivity index (χ3v) is 4.11. The molecule has 0 saturated carbocycles. The molecule has 2 aliphatic heterocycles. The van der Waals surface area contributed by atoms with Gasteiger partial charge in [-0.2, -0.15) is 0 Å². The van der Waals surface area contributed by atoms with Crippen molar-refractivity contribution in [3.63, 3.8) is 0 Å². The maximum atomic E-state index is 12.4. The fourth-order valence-electron chi connectivity index (χ4n) is 3.02. The highest BCUT2D eigenvalue weighted by Gasteiger charge is 2.35. The van der Waals surface area contributed by atoms with Crippen molar-refractivity contribution in [1.82, 2.24) is 15.2 Å². The molecule has 6 heteroatoms. The second kappa shape index (κ2) is 5.11. The number of nitrogens with two attached hydrogens (primary N) is 1. The quantitative estimate of drug-likeness (QED) is 0.776. The number of hydrogen-bond acceptors (Lipinski definition) is 4. The van der Waals surface area contributed by atoms with Crippen LogP contribution in [0.15, 0.2) is 18.3 Å². The van der Waals surface area contributed by atoms with Crippen molar-refractivity contribution in [2.24, 2.45) is 5.92 Å². The van der Waals surface area contributed by atoms with Gasteiger partial charge in [-0.3, -0.25) is 14.6 Å². The maximum absolute atomic E-state index is 12.4. The van der Waals surface area contributed by atoms with Crippen molar-refractivity contribution < 1.29 is 9.59 Å². The average Bonchev–Trinajstić information content (AvgIpc) is 2.46. The lowest BCUT2D eigenvalue weighted by Gasteiger charge is -2.41. The van der Waals surface area contributed by atoms with Crippen LogP contribution in [0.3, 0.4) is 0 Å². The Hall–Kier alpha value is -2.11. The largest absolute Gasteiger partial charge is 0.399 e. The number of carbonyl (C=O) groups excluding carboxylic acids is 2. The molecule has 2 unspecified atom stereocenters. The molecule has 2 amide bonds. The SMILES string of the molecule is Nc1ccnc(C(=O)N2CCC3NC(=O)CCC3C2)c1. The minimum atomic E-state index is -0.0762. The van der Waals surface area contributed by atoms with E-state index in [9.17, 15) is 9.59 Å². The summed E-state index contributed by atoms with van der Waals surface area (Å²) >= 11 is 0. The Kier molecular flexibility index (Phi) is 3.30. The Labute approximate surface area is 117 Å². The Bertz CT molecular complexity index is 546. The first-order chi connectivity index (χ1) is 9.63. The Balaban J connectivity index is 1.70. The predicted octanol–water partition coefficient (Wildman–Crippen LogP) is 0.404. The zero-order chi connectivity index (χ0) is 14.1. The molecule has 1 aromatic rings. The van der Waals surface area contributed by atoms with E-state index >= 15 is 0 Å². The summed E-state index contributed by atoms with van der Waals surface area (Å²) in [6, 6.07) is 3.49. The van der Waals surface area contributed by atoms with Gasteiger partial charge < -0.3 is 16.0 Å². The highest BCUT2D eigenvalue weighted by atomic mass is 16.2. The molecule has 2 fully saturated rings. The van der Waals surface area contributed by atoms with E-state index < -0.39 is 0 Å². The number of fused-ring (bicyclic) bond motifs is 1. The number of aromatic nitrogens is 1. The van der Waals surface area contributed by atoms with Gasteiger partial charge in [0.15, 0.2) is 0 Å². The van der Waals surface area contributed by atoms with Gasteiger partial charge in [-0.1, -0.05) is 0 Å². The normalized spacial score (nSPS) is 25.8. The lowest BCUT2D eigenvalue weighted by Crippen LogP contribution is -2.55. The molecule has 2 aliphatic rings. The van der Waals surface area contributed by atoms with Gasteiger partial charge in [0.25, 0.3) is 5.91 Å². The molecule has 106 valence electrons. The molecule has 3 heterocycles. The topological polar surface area (TPSA) is 88.3 Å². The third-order valence-electron chi connectivity index (χ3n) is 4.11. The summed E-state index contributed by atoms with van der Waals surface area (Å²) in [5, 5.41) is 3.01. The van der Waals surface area contributed by atoms with Gasteiger partial charge in [-0.25, -0.2) is 0 Å². The van der Waals surface area contributed by atoms with Crippen LogP contribution in [0.5, 0.6) is 0 Å². The van der Waals surface area contributed by atoms with Crippen molar-refractivity contribution in [2.75, 3.05) is 18.8 Å². The van der Waals surface area contributed by atoms with Crippen LogP contribution in [0.25, 0.3) is 0 Å². The highest BCUT2D eigenvalue weighted by Crippen LogP contribution is 2.26. The van der Waals surface area contributed by atoms with E-state index in [0.29, 0.717) is 36.8 Å². The summed E-state index contributed by atoms with van der Waals surface area (Å²) in [5.74, 6) is 0.405. The van der Waals surface area contributed by atoms with Crippen molar-refractivity contribution in [3.05, 3.63) is 24.0 Å². The molecule has 0 bridgehead atoms. The molecule has 2 saturated heterocycles. The molecule has 0 radical (unpaired) electrons. The number of anilines is 1. The van der Waals surface area contributed by atoms with Crippen molar-refractivity contribution in [1.29, 1.82) is 0 Å². The van der Waals surface area contributed by atoms with Crippen LogP contribution in [0, 0.1) is 5.92 Å². The Morgan fingerprint density at radius 2 is 2.30 bits per heavy atom. The summed E-state index contributed by atoms with van der Waals surface area (Å²) in [6.45, 7) is 1.33. The molecular weight excluding hydrogens is 256 g/mol. The van der Waals surface area contributed by atoms with Crippen LogP contribution < -0.4 is 11.1 Å². The Morgan fingerprint density at radius 3 is 3.10 bits per heavy atom. The van der Waals surface area contributed by atoms with Gasteiger partial charge in [-0.05, 0) is 30.9 Å². The number of carbonyl (C=O) groups is 2. The number of amides is 2. The number of rotatable bonds is 1. The van der Waals surface area contributed by atoms with Crippen molar-refractivity contribution in [3.8, 4) is 0 Å². The number of hydrogen-bond donors (Lipinski definition) is 2. The van der Waals surface area contributed by atoms with E-state index in [1.165, 1.54) is 0 Å². The maximum Gasteiger partial charge on any atom is 0.272 e. The lowest BCUT2D eigenvalue weighted by atomic mass is 9.85. The van der Waals surface area contributed by atoms with Gasteiger partial charge >= 0.3 is 0 Å². The second-order valence-electron chi connectivity index (χ2n) is 5.49. The van der Waals surface area contributed by atoms with Gasteiger partial charge in [0, 0.05) is 37.4 Å². The van der Waals surface area contributed by atoms with E-state index in [1.54, 1.807) is 18.3 Å². The van der Waals surface area contributed by atoms with E-state index in [-0.39, 0.29) is 17.9 Å². The number of piperidine rings is 2. The molecular formula is C14H18N4O2.